The van der Waals surface area contributed by atoms with Crippen molar-refractivity contribution in [3.05, 3.63) is 108 Å². The Hall–Kier alpha value is -2.37. The van der Waals surface area contributed by atoms with Gasteiger partial charge in [0.1, 0.15) is 12.4 Å². The zero-order valence-corrected chi connectivity index (χ0v) is 22.8. The molecule has 1 heterocycles. The molecule has 0 radical (unpaired) electrons. The van der Waals surface area contributed by atoms with Crippen LogP contribution in [0.4, 0.5) is 10.5 Å². The van der Waals surface area contributed by atoms with Gasteiger partial charge in [-0.15, -0.1) is 0 Å². The first-order valence-electron chi connectivity index (χ1n) is 10.4. The molecule has 0 bridgehead atoms. The number of amides is 2. The van der Waals surface area contributed by atoms with Crippen LogP contribution in [0.1, 0.15) is 11.1 Å². The molecule has 0 N–H and O–H groups in total. The van der Waals surface area contributed by atoms with Gasteiger partial charge in [0.25, 0.3) is 11.1 Å². The number of para-hydroxylation sites is 1. The second-order valence-electron chi connectivity index (χ2n) is 7.64. The molecule has 7 heteroatoms. The summed E-state index contributed by atoms with van der Waals surface area (Å²) in [6.45, 7) is 0.464. The van der Waals surface area contributed by atoms with Gasteiger partial charge in [0.05, 0.1) is 17.7 Å². The SMILES string of the molecule is O=C1S/C(=C\c2cc(I)c(OCc3ccc4ccccc4c3)c(I)c2)C(=O)N1c1ccccc1. The molecule has 0 unspecified atom stereocenters. The molecular weight excluding hydrogens is 672 g/mol. The smallest absolute Gasteiger partial charge is 0.298 e. The Bertz CT molecular complexity index is 1430. The topological polar surface area (TPSA) is 46.6 Å². The highest BCUT2D eigenvalue weighted by molar-refractivity contribution is 14.1. The lowest BCUT2D eigenvalue weighted by molar-refractivity contribution is -0.113. The molecule has 1 fully saturated rings. The Kier molecular flexibility index (Phi) is 6.94. The van der Waals surface area contributed by atoms with E-state index in [0.717, 1.165) is 35.8 Å². The van der Waals surface area contributed by atoms with Crippen molar-refractivity contribution in [2.75, 3.05) is 4.90 Å². The highest BCUT2D eigenvalue weighted by atomic mass is 127. The number of rotatable bonds is 5. The largest absolute Gasteiger partial charge is 0.487 e. The fourth-order valence-corrected chi connectivity index (χ4v) is 6.67. The number of hydrogen-bond acceptors (Lipinski definition) is 4. The zero-order chi connectivity index (χ0) is 23.7. The molecule has 0 atom stereocenters. The highest BCUT2D eigenvalue weighted by Gasteiger charge is 2.36. The predicted octanol–water partition coefficient (Wildman–Crippen LogP) is 7.87. The van der Waals surface area contributed by atoms with Gasteiger partial charge in [-0.1, -0.05) is 54.6 Å². The van der Waals surface area contributed by atoms with E-state index in [9.17, 15) is 9.59 Å². The van der Waals surface area contributed by atoms with Crippen molar-refractivity contribution in [2.45, 2.75) is 6.61 Å². The van der Waals surface area contributed by atoms with E-state index in [0.29, 0.717) is 17.2 Å². The Morgan fingerprint density at radius 3 is 2.24 bits per heavy atom. The van der Waals surface area contributed by atoms with E-state index in [1.165, 1.54) is 15.7 Å². The van der Waals surface area contributed by atoms with Crippen LogP contribution in [0.25, 0.3) is 16.8 Å². The molecule has 0 aliphatic carbocycles. The van der Waals surface area contributed by atoms with Crippen LogP contribution in [0.15, 0.2) is 89.8 Å². The van der Waals surface area contributed by atoms with Crippen LogP contribution < -0.4 is 9.64 Å². The lowest BCUT2D eigenvalue weighted by atomic mass is 10.1. The second kappa shape index (κ2) is 10.1. The number of thioether (sulfide) groups is 1. The van der Waals surface area contributed by atoms with Gasteiger partial charge in [0, 0.05) is 0 Å². The first-order valence-corrected chi connectivity index (χ1v) is 13.4. The first-order chi connectivity index (χ1) is 16.5. The Balaban J connectivity index is 1.35. The van der Waals surface area contributed by atoms with Crippen LogP contribution in [0.2, 0.25) is 0 Å². The Morgan fingerprint density at radius 1 is 0.824 bits per heavy atom. The summed E-state index contributed by atoms with van der Waals surface area (Å²) >= 11 is 5.46. The molecule has 4 nitrogen and oxygen atoms in total. The summed E-state index contributed by atoms with van der Waals surface area (Å²) in [6, 6.07) is 27.5. The Labute approximate surface area is 228 Å². The highest BCUT2D eigenvalue weighted by Crippen LogP contribution is 2.37. The van der Waals surface area contributed by atoms with Gasteiger partial charge in [0.15, 0.2) is 0 Å². The maximum Gasteiger partial charge on any atom is 0.298 e. The van der Waals surface area contributed by atoms with E-state index in [1.807, 2.05) is 42.5 Å². The molecule has 1 saturated heterocycles. The maximum atomic E-state index is 12.9. The van der Waals surface area contributed by atoms with E-state index in [1.54, 1.807) is 18.2 Å². The van der Waals surface area contributed by atoms with Gasteiger partial charge in [-0.3, -0.25) is 9.59 Å². The average Bonchev–Trinajstić information content (AvgIpc) is 3.11. The zero-order valence-electron chi connectivity index (χ0n) is 17.7. The summed E-state index contributed by atoms with van der Waals surface area (Å²) in [5, 5.41) is 2.10. The van der Waals surface area contributed by atoms with Crippen LogP contribution >= 0.6 is 56.9 Å². The number of nitrogens with zero attached hydrogens (tertiary/aromatic N) is 1. The van der Waals surface area contributed by atoms with Gasteiger partial charge >= 0.3 is 0 Å². The number of carbonyl (C=O) groups is 2. The van der Waals surface area contributed by atoms with E-state index in [-0.39, 0.29) is 11.1 Å². The summed E-state index contributed by atoms with van der Waals surface area (Å²) < 4.78 is 8.06. The molecule has 1 aliphatic rings. The fraction of sp³-hybridized carbons (Fsp3) is 0.0370. The van der Waals surface area contributed by atoms with E-state index in [2.05, 4.69) is 75.5 Å². The molecule has 4 aromatic carbocycles. The van der Waals surface area contributed by atoms with Crippen molar-refractivity contribution >= 4 is 90.6 Å². The summed E-state index contributed by atoms with van der Waals surface area (Å²) in [6.07, 6.45) is 1.77. The van der Waals surface area contributed by atoms with Crippen LogP contribution in [-0.4, -0.2) is 11.1 Å². The number of benzene rings is 4. The third-order valence-electron chi connectivity index (χ3n) is 5.32. The number of anilines is 1. The minimum Gasteiger partial charge on any atom is -0.487 e. The van der Waals surface area contributed by atoms with Gasteiger partial charge in [0.2, 0.25) is 0 Å². The third kappa shape index (κ3) is 4.87. The molecule has 2 amide bonds. The molecule has 168 valence electrons. The summed E-state index contributed by atoms with van der Waals surface area (Å²) in [5.41, 5.74) is 2.53. The van der Waals surface area contributed by atoms with E-state index in [4.69, 9.17) is 4.74 Å². The average molecular weight is 689 g/mol. The number of hydrogen-bond donors (Lipinski definition) is 0. The fourth-order valence-electron chi connectivity index (χ4n) is 3.70. The van der Waals surface area contributed by atoms with Crippen molar-refractivity contribution in [3.63, 3.8) is 0 Å². The molecular formula is C27H17I2NO3S. The van der Waals surface area contributed by atoms with Gasteiger partial charge in [-0.05, 0) is 115 Å². The molecule has 5 rings (SSSR count). The molecule has 0 aromatic heterocycles. The van der Waals surface area contributed by atoms with Gasteiger partial charge in [-0.25, -0.2) is 4.90 Å². The predicted molar refractivity (Wildman–Crippen MR) is 155 cm³/mol. The lowest BCUT2D eigenvalue weighted by Gasteiger charge is -2.13. The van der Waals surface area contributed by atoms with Crippen LogP contribution in [-0.2, 0) is 11.4 Å². The van der Waals surface area contributed by atoms with Gasteiger partial charge in [-0.2, -0.15) is 0 Å². The minimum absolute atomic E-state index is 0.290. The normalized spacial score (nSPS) is 14.9. The standard InChI is InChI=1S/C27H17I2NO3S/c28-22-13-18(15-24-26(31)30(27(32)34-24)21-8-2-1-3-9-21)14-23(29)25(22)33-16-17-10-11-19-6-4-5-7-20(19)12-17/h1-15H,16H2/b24-15-. The quantitative estimate of drug-likeness (QED) is 0.158. The summed E-state index contributed by atoms with van der Waals surface area (Å²) in [5.74, 6) is 0.506. The Morgan fingerprint density at radius 2 is 1.50 bits per heavy atom. The van der Waals surface area contributed by atoms with Crippen molar-refractivity contribution in [2.24, 2.45) is 0 Å². The maximum absolute atomic E-state index is 12.9. The number of fused-ring (bicyclic) bond motifs is 1. The van der Waals surface area contributed by atoms with Crippen molar-refractivity contribution in [1.82, 2.24) is 0 Å². The van der Waals surface area contributed by atoms with Gasteiger partial charge < -0.3 is 4.74 Å². The first kappa shape index (κ1) is 23.4. The number of imide groups is 1. The van der Waals surface area contributed by atoms with Crippen molar-refractivity contribution in [3.8, 4) is 5.75 Å². The molecule has 0 saturated carbocycles. The summed E-state index contributed by atoms with van der Waals surface area (Å²) in [7, 11) is 0. The van der Waals surface area contributed by atoms with E-state index < -0.39 is 0 Å². The second-order valence-corrected chi connectivity index (χ2v) is 11.0. The number of ether oxygens (including phenoxy) is 1. The molecule has 0 spiro atoms. The summed E-state index contributed by atoms with van der Waals surface area (Å²) in [4.78, 5) is 27.0. The molecule has 34 heavy (non-hydrogen) atoms. The molecule has 4 aromatic rings. The minimum atomic E-state index is -0.303. The number of halogens is 2. The van der Waals surface area contributed by atoms with Crippen LogP contribution in [0, 0.1) is 7.14 Å². The van der Waals surface area contributed by atoms with Crippen molar-refractivity contribution in [1.29, 1.82) is 0 Å². The van der Waals surface area contributed by atoms with Crippen LogP contribution in [0.5, 0.6) is 5.75 Å². The number of carbonyl (C=O) groups excluding carboxylic acids is 2. The van der Waals surface area contributed by atoms with E-state index >= 15 is 0 Å². The lowest BCUT2D eigenvalue weighted by Crippen LogP contribution is -2.27. The van der Waals surface area contributed by atoms with Crippen molar-refractivity contribution < 1.29 is 14.3 Å². The molecule has 1 aliphatic heterocycles. The van der Waals surface area contributed by atoms with Crippen LogP contribution in [0.3, 0.4) is 0 Å². The monoisotopic (exact) mass is 689 g/mol. The third-order valence-corrected chi connectivity index (χ3v) is 7.80.